The molecule has 0 atom stereocenters. The van der Waals surface area contributed by atoms with Crippen LogP contribution in [0.25, 0.3) is 5.69 Å². The van der Waals surface area contributed by atoms with Crippen molar-refractivity contribution < 1.29 is 9.59 Å². The van der Waals surface area contributed by atoms with Gasteiger partial charge in [-0.1, -0.05) is 35.9 Å². The van der Waals surface area contributed by atoms with Crippen molar-refractivity contribution in [3.63, 3.8) is 0 Å². The van der Waals surface area contributed by atoms with Crippen molar-refractivity contribution in [3.05, 3.63) is 88.3 Å². The Morgan fingerprint density at radius 3 is 2.70 bits per heavy atom. The van der Waals surface area contributed by atoms with Crippen LogP contribution in [0.3, 0.4) is 0 Å². The van der Waals surface area contributed by atoms with Gasteiger partial charge < -0.3 is 9.80 Å². The van der Waals surface area contributed by atoms with Crippen molar-refractivity contribution in [1.29, 1.82) is 0 Å². The first-order valence-electron chi connectivity index (χ1n) is 9.72. The van der Waals surface area contributed by atoms with E-state index in [0.29, 0.717) is 30.1 Å². The SMILES string of the molecule is Cc1ccn(-c2ccc(C(=O)N3CC4=CCC(=O)N4Cc4ccccc43)c(Cl)c2)n1. The van der Waals surface area contributed by atoms with E-state index in [1.807, 2.05) is 55.6 Å². The van der Waals surface area contributed by atoms with Crippen LogP contribution in [0.1, 0.15) is 28.0 Å². The second-order valence-corrected chi connectivity index (χ2v) is 7.87. The summed E-state index contributed by atoms with van der Waals surface area (Å²) in [6.45, 7) is 2.71. The summed E-state index contributed by atoms with van der Waals surface area (Å²) < 4.78 is 1.73. The van der Waals surface area contributed by atoms with Crippen LogP contribution in [0.2, 0.25) is 5.02 Å². The minimum Gasteiger partial charge on any atom is -0.310 e. The Hall–Kier alpha value is -3.38. The Labute approximate surface area is 179 Å². The number of carbonyl (C=O) groups excluding carboxylic acids is 2. The summed E-state index contributed by atoms with van der Waals surface area (Å²) in [5.41, 5.74) is 4.69. The van der Waals surface area contributed by atoms with Gasteiger partial charge >= 0.3 is 0 Å². The summed E-state index contributed by atoms with van der Waals surface area (Å²) in [5.74, 6) is -0.135. The summed E-state index contributed by atoms with van der Waals surface area (Å²) in [4.78, 5) is 29.3. The number of nitrogens with zero attached hydrogens (tertiary/aromatic N) is 4. The molecule has 0 spiro atoms. The van der Waals surface area contributed by atoms with Crippen LogP contribution in [0, 0.1) is 6.92 Å². The average molecular weight is 419 g/mol. The fraction of sp³-hybridized carbons (Fsp3) is 0.174. The molecule has 150 valence electrons. The topological polar surface area (TPSA) is 58.4 Å². The van der Waals surface area contributed by atoms with Crippen molar-refractivity contribution in [1.82, 2.24) is 14.7 Å². The molecule has 6 nitrogen and oxygen atoms in total. The van der Waals surface area contributed by atoms with Gasteiger partial charge in [0.15, 0.2) is 0 Å². The van der Waals surface area contributed by atoms with E-state index >= 15 is 0 Å². The highest BCUT2D eigenvalue weighted by atomic mass is 35.5. The number of aryl methyl sites for hydroxylation is 1. The van der Waals surface area contributed by atoms with E-state index < -0.39 is 0 Å². The molecule has 3 heterocycles. The molecular formula is C23H19ClN4O2. The molecule has 0 aliphatic carbocycles. The third-order valence-electron chi connectivity index (χ3n) is 5.51. The van der Waals surface area contributed by atoms with Gasteiger partial charge in [0.2, 0.25) is 5.91 Å². The van der Waals surface area contributed by atoms with E-state index in [-0.39, 0.29) is 11.8 Å². The normalized spacial score (nSPS) is 15.5. The molecule has 5 rings (SSSR count). The van der Waals surface area contributed by atoms with E-state index in [4.69, 9.17) is 11.6 Å². The number of hydrogen-bond donors (Lipinski definition) is 0. The Morgan fingerprint density at radius 2 is 1.93 bits per heavy atom. The molecule has 2 aromatic carbocycles. The minimum atomic E-state index is -0.197. The second-order valence-electron chi connectivity index (χ2n) is 7.47. The smallest absolute Gasteiger partial charge is 0.260 e. The molecule has 0 saturated carbocycles. The van der Waals surface area contributed by atoms with Crippen LogP contribution in [0.4, 0.5) is 5.69 Å². The zero-order chi connectivity index (χ0) is 20.8. The summed E-state index contributed by atoms with van der Waals surface area (Å²) >= 11 is 6.53. The molecule has 0 bridgehead atoms. The van der Waals surface area contributed by atoms with Gasteiger partial charge in [-0.15, -0.1) is 0 Å². The molecule has 2 aliphatic rings. The van der Waals surface area contributed by atoms with Gasteiger partial charge in [-0.25, -0.2) is 4.68 Å². The standard InChI is InChI=1S/C23H19ClN4O2/c1-15-10-11-28(25-15)17-6-8-19(20(24)12-17)23(30)27-14-18-7-9-22(29)26(18)13-16-4-2-3-5-21(16)27/h2-8,10-12H,9,13-14H2,1H3. The quantitative estimate of drug-likeness (QED) is 0.629. The Bertz CT molecular complexity index is 1210. The van der Waals surface area contributed by atoms with Gasteiger partial charge in [0.25, 0.3) is 5.91 Å². The van der Waals surface area contributed by atoms with Crippen LogP contribution >= 0.6 is 11.6 Å². The van der Waals surface area contributed by atoms with Gasteiger partial charge in [-0.2, -0.15) is 5.10 Å². The van der Waals surface area contributed by atoms with E-state index in [2.05, 4.69) is 5.10 Å². The number of amides is 2. The second kappa shape index (κ2) is 7.15. The fourth-order valence-electron chi connectivity index (χ4n) is 3.96. The first kappa shape index (κ1) is 18.6. The number of para-hydroxylation sites is 1. The molecule has 0 saturated heterocycles. The number of hydrogen-bond acceptors (Lipinski definition) is 3. The van der Waals surface area contributed by atoms with E-state index in [1.54, 1.807) is 26.6 Å². The number of carbonyl (C=O) groups is 2. The largest absolute Gasteiger partial charge is 0.310 e. The van der Waals surface area contributed by atoms with Crippen molar-refractivity contribution in [2.75, 3.05) is 11.4 Å². The number of anilines is 1. The zero-order valence-corrected chi connectivity index (χ0v) is 17.1. The molecule has 0 N–H and O–H groups in total. The van der Waals surface area contributed by atoms with Crippen LogP contribution in [-0.4, -0.2) is 33.0 Å². The lowest BCUT2D eigenvalue weighted by atomic mass is 10.1. The highest BCUT2D eigenvalue weighted by Crippen LogP contribution is 2.33. The number of benzene rings is 2. The van der Waals surface area contributed by atoms with E-state index in [0.717, 1.165) is 28.3 Å². The Kier molecular flexibility index (Phi) is 4.44. The summed E-state index contributed by atoms with van der Waals surface area (Å²) in [7, 11) is 0. The lowest BCUT2D eigenvalue weighted by molar-refractivity contribution is -0.127. The molecule has 3 aromatic rings. The third kappa shape index (κ3) is 3.09. The van der Waals surface area contributed by atoms with Crippen molar-refractivity contribution in [2.24, 2.45) is 0 Å². The van der Waals surface area contributed by atoms with Crippen LogP contribution in [-0.2, 0) is 11.3 Å². The van der Waals surface area contributed by atoms with E-state index in [1.165, 1.54) is 0 Å². The average Bonchev–Trinajstić information content (AvgIpc) is 3.27. The highest BCUT2D eigenvalue weighted by Gasteiger charge is 2.33. The molecular weight excluding hydrogens is 400 g/mol. The van der Waals surface area contributed by atoms with Crippen LogP contribution < -0.4 is 4.90 Å². The first-order valence-corrected chi connectivity index (χ1v) is 10.1. The number of fused-ring (bicyclic) bond motifs is 2. The van der Waals surface area contributed by atoms with E-state index in [9.17, 15) is 9.59 Å². The predicted molar refractivity (Wildman–Crippen MR) is 115 cm³/mol. The van der Waals surface area contributed by atoms with Gasteiger partial charge in [0.05, 0.1) is 35.1 Å². The molecule has 0 fully saturated rings. The molecule has 2 amide bonds. The Morgan fingerprint density at radius 1 is 1.10 bits per heavy atom. The van der Waals surface area contributed by atoms with Crippen molar-refractivity contribution in [3.8, 4) is 5.69 Å². The molecule has 2 aliphatic heterocycles. The van der Waals surface area contributed by atoms with Gasteiger partial charge in [0.1, 0.15) is 0 Å². The molecule has 30 heavy (non-hydrogen) atoms. The van der Waals surface area contributed by atoms with Crippen LogP contribution in [0.5, 0.6) is 0 Å². The lowest BCUT2D eigenvalue weighted by Crippen LogP contribution is -2.34. The maximum absolute atomic E-state index is 13.5. The summed E-state index contributed by atoms with van der Waals surface area (Å²) in [6, 6.07) is 14.9. The minimum absolute atomic E-state index is 0.0611. The fourth-order valence-corrected chi connectivity index (χ4v) is 4.21. The first-order chi connectivity index (χ1) is 14.5. The van der Waals surface area contributed by atoms with Gasteiger partial charge in [-0.3, -0.25) is 9.59 Å². The number of halogens is 1. The number of aromatic nitrogens is 2. The maximum Gasteiger partial charge on any atom is 0.260 e. The van der Waals surface area contributed by atoms with Gasteiger partial charge in [-0.05, 0) is 42.8 Å². The molecule has 1 aromatic heterocycles. The molecule has 7 heteroatoms. The van der Waals surface area contributed by atoms with Crippen molar-refractivity contribution >= 4 is 29.1 Å². The third-order valence-corrected chi connectivity index (χ3v) is 5.82. The van der Waals surface area contributed by atoms with Crippen LogP contribution in [0.15, 0.2) is 66.5 Å². The van der Waals surface area contributed by atoms with Crippen molar-refractivity contribution in [2.45, 2.75) is 19.9 Å². The molecule has 0 unspecified atom stereocenters. The predicted octanol–water partition coefficient (Wildman–Crippen LogP) is 4.11. The monoisotopic (exact) mass is 418 g/mol. The Balaban J connectivity index is 1.53. The maximum atomic E-state index is 13.5. The lowest BCUT2D eigenvalue weighted by Gasteiger charge is -2.24. The highest BCUT2D eigenvalue weighted by molar-refractivity contribution is 6.34. The zero-order valence-electron chi connectivity index (χ0n) is 16.4. The van der Waals surface area contributed by atoms with Gasteiger partial charge in [0, 0.05) is 24.0 Å². The summed E-state index contributed by atoms with van der Waals surface area (Å²) in [5, 5.41) is 4.75. The molecule has 0 radical (unpaired) electrons. The number of rotatable bonds is 2. The summed E-state index contributed by atoms with van der Waals surface area (Å²) in [6.07, 6.45) is 4.13.